The van der Waals surface area contributed by atoms with Crippen molar-refractivity contribution in [3.63, 3.8) is 0 Å². The maximum Gasteiger partial charge on any atom is 0.251 e. The Labute approximate surface area is 109 Å². The number of ether oxygens (including phenoxy) is 1. The summed E-state index contributed by atoms with van der Waals surface area (Å²) in [5.41, 5.74) is 0.0423. The second-order valence-corrected chi connectivity index (χ2v) is 5.85. The van der Waals surface area contributed by atoms with Crippen LogP contribution in [0.1, 0.15) is 46.0 Å². The predicted octanol–water partition coefficient (Wildman–Crippen LogP) is 1.56. The van der Waals surface area contributed by atoms with E-state index in [-0.39, 0.29) is 30.1 Å². The fourth-order valence-electron chi connectivity index (χ4n) is 3.01. The minimum Gasteiger partial charge on any atom is -0.396 e. The molecule has 0 spiro atoms. The van der Waals surface area contributed by atoms with Gasteiger partial charge in [-0.2, -0.15) is 0 Å². The first-order valence-corrected chi connectivity index (χ1v) is 7.15. The molecule has 0 bridgehead atoms. The molecule has 2 atom stereocenters. The van der Waals surface area contributed by atoms with Crippen LogP contribution in [0, 0.1) is 5.41 Å². The maximum atomic E-state index is 12.3. The Hall–Kier alpha value is -0.610. The number of aliphatic hydroxyl groups excluding tert-OH is 1. The molecule has 2 rings (SSSR count). The van der Waals surface area contributed by atoms with Crippen molar-refractivity contribution in [2.75, 3.05) is 19.7 Å². The molecule has 104 valence electrons. The van der Waals surface area contributed by atoms with Gasteiger partial charge in [-0.15, -0.1) is 0 Å². The molecule has 2 heterocycles. The average Bonchev–Trinajstić information content (AvgIpc) is 2.85. The molecule has 2 aliphatic heterocycles. The molecule has 18 heavy (non-hydrogen) atoms. The summed E-state index contributed by atoms with van der Waals surface area (Å²) < 4.78 is 5.64. The van der Waals surface area contributed by atoms with Crippen molar-refractivity contribution in [1.29, 1.82) is 0 Å². The number of carbonyl (C=O) groups is 1. The summed E-state index contributed by atoms with van der Waals surface area (Å²) in [6.45, 7) is 5.91. The van der Waals surface area contributed by atoms with Gasteiger partial charge in [0.1, 0.15) is 6.10 Å². The van der Waals surface area contributed by atoms with Gasteiger partial charge in [-0.1, -0.05) is 6.92 Å². The van der Waals surface area contributed by atoms with E-state index < -0.39 is 0 Å². The predicted molar refractivity (Wildman–Crippen MR) is 69.2 cm³/mol. The van der Waals surface area contributed by atoms with Crippen LogP contribution in [0.4, 0.5) is 0 Å². The van der Waals surface area contributed by atoms with Gasteiger partial charge >= 0.3 is 0 Å². The van der Waals surface area contributed by atoms with Crippen LogP contribution in [0.5, 0.6) is 0 Å². The van der Waals surface area contributed by atoms with Crippen LogP contribution in [0.15, 0.2) is 0 Å². The van der Waals surface area contributed by atoms with E-state index in [1.807, 2.05) is 11.8 Å². The summed E-state index contributed by atoms with van der Waals surface area (Å²) in [7, 11) is 0. The summed E-state index contributed by atoms with van der Waals surface area (Å²) >= 11 is 0. The van der Waals surface area contributed by atoms with Crippen LogP contribution in [0.25, 0.3) is 0 Å². The van der Waals surface area contributed by atoms with Gasteiger partial charge in [0.25, 0.3) is 5.91 Å². The molecule has 1 amide bonds. The zero-order valence-electron chi connectivity index (χ0n) is 11.5. The first-order chi connectivity index (χ1) is 8.60. The quantitative estimate of drug-likeness (QED) is 0.832. The Morgan fingerprint density at radius 2 is 2.06 bits per heavy atom. The Kier molecular flexibility index (Phi) is 4.28. The monoisotopic (exact) mass is 255 g/mol. The SMILES string of the molecule is CCC1(CO)CCN(C(=O)C2CCC(C)O2)CC1. The number of rotatable bonds is 3. The lowest BCUT2D eigenvalue weighted by molar-refractivity contribution is -0.145. The smallest absolute Gasteiger partial charge is 0.251 e. The van der Waals surface area contributed by atoms with E-state index in [1.54, 1.807) is 0 Å². The average molecular weight is 255 g/mol. The van der Waals surface area contributed by atoms with Gasteiger partial charge in [-0.3, -0.25) is 4.79 Å². The molecule has 0 aliphatic carbocycles. The molecule has 0 saturated carbocycles. The molecular formula is C14H25NO3. The zero-order valence-corrected chi connectivity index (χ0v) is 11.5. The number of hydrogen-bond acceptors (Lipinski definition) is 3. The molecule has 4 nitrogen and oxygen atoms in total. The molecule has 2 unspecified atom stereocenters. The number of nitrogens with zero attached hydrogens (tertiary/aromatic N) is 1. The molecule has 2 saturated heterocycles. The third kappa shape index (κ3) is 2.69. The van der Waals surface area contributed by atoms with Gasteiger partial charge in [0.15, 0.2) is 0 Å². The topological polar surface area (TPSA) is 49.8 Å². The van der Waals surface area contributed by atoms with E-state index in [2.05, 4.69) is 6.92 Å². The molecule has 0 aromatic heterocycles. The lowest BCUT2D eigenvalue weighted by Gasteiger charge is -2.40. The Morgan fingerprint density at radius 3 is 2.50 bits per heavy atom. The van der Waals surface area contributed by atoms with Crippen LogP contribution in [-0.4, -0.2) is 47.8 Å². The fourth-order valence-corrected chi connectivity index (χ4v) is 3.01. The number of carbonyl (C=O) groups excluding carboxylic acids is 1. The van der Waals surface area contributed by atoms with Crippen molar-refractivity contribution in [3.05, 3.63) is 0 Å². The van der Waals surface area contributed by atoms with E-state index in [4.69, 9.17) is 4.74 Å². The van der Waals surface area contributed by atoms with Gasteiger partial charge in [0.2, 0.25) is 0 Å². The largest absolute Gasteiger partial charge is 0.396 e. The molecule has 0 aromatic rings. The van der Waals surface area contributed by atoms with Gasteiger partial charge < -0.3 is 14.7 Å². The molecule has 1 N–H and O–H groups in total. The van der Waals surface area contributed by atoms with Crippen LogP contribution in [0.3, 0.4) is 0 Å². The summed E-state index contributed by atoms with van der Waals surface area (Å²) in [6.07, 6.45) is 4.65. The molecule has 4 heteroatoms. The van der Waals surface area contributed by atoms with Crippen molar-refractivity contribution in [1.82, 2.24) is 4.90 Å². The van der Waals surface area contributed by atoms with Gasteiger partial charge in [-0.25, -0.2) is 0 Å². The zero-order chi connectivity index (χ0) is 13.2. The lowest BCUT2D eigenvalue weighted by Crippen LogP contribution is -2.47. The highest BCUT2D eigenvalue weighted by Gasteiger charge is 2.37. The highest BCUT2D eigenvalue weighted by atomic mass is 16.5. The van der Waals surface area contributed by atoms with Gasteiger partial charge in [0.05, 0.1) is 6.10 Å². The van der Waals surface area contributed by atoms with Crippen molar-refractivity contribution in [2.45, 2.75) is 58.2 Å². The first-order valence-electron chi connectivity index (χ1n) is 7.15. The van der Waals surface area contributed by atoms with Crippen molar-refractivity contribution in [2.24, 2.45) is 5.41 Å². The second-order valence-electron chi connectivity index (χ2n) is 5.85. The van der Waals surface area contributed by atoms with E-state index in [1.165, 1.54) is 0 Å². The summed E-state index contributed by atoms with van der Waals surface area (Å²) in [5.74, 6) is 0.155. The van der Waals surface area contributed by atoms with Crippen molar-refractivity contribution in [3.8, 4) is 0 Å². The molecule has 0 radical (unpaired) electrons. The summed E-state index contributed by atoms with van der Waals surface area (Å²) in [6, 6.07) is 0. The summed E-state index contributed by atoms with van der Waals surface area (Å²) in [5, 5.41) is 9.48. The maximum absolute atomic E-state index is 12.3. The number of amides is 1. The summed E-state index contributed by atoms with van der Waals surface area (Å²) in [4.78, 5) is 14.2. The van der Waals surface area contributed by atoms with Gasteiger partial charge in [-0.05, 0) is 44.4 Å². The van der Waals surface area contributed by atoms with Crippen LogP contribution >= 0.6 is 0 Å². The Morgan fingerprint density at radius 1 is 1.39 bits per heavy atom. The lowest BCUT2D eigenvalue weighted by atomic mass is 9.77. The third-order valence-electron chi connectivity index (χ3n) is 4.73. The molecule has 2 aliphatic rings. The molecular weight excluding hydrogens is 230 g/mol. The third-order valence-corrected chi connectivity index (χ3v) is 4.73. The highest BCUT2D eigenvalue weighted by molar-refractivity contribution is 5.81. The van der Waals surface area contributed by atoms with Gasteiger partial charge in [0, 0.05) is 19.7 Å². The minimum absolute atomic E-state index is 0.0423. The minimum atomic E-state index is -0.219. The normalized spacial score (nSPS) is 31.6. The number of likely N-dealkylation sites (tertiary alicyclic amines) is 1. The fraction of sp³-hybridized carbons (Fsp3) is 0.929. The Bertz CT molecular complexity index is 291. The Balaban J connectivity index is 1.87. The van der Waals surface area contributed by atoms with Crippen molar-refractivity contribution < 1.29 is 14.6 Å². The number of hydrogen-bond donors (Lipinski definition) is 1. The first kappa shape index (κ1) is 13.8. The molecule has 2 fully saturated rings. The van der Waals surface area contributed by atoms with E-state index >= 15 is 0 Å². The number of piperidine rings is 1. The molecule has 0 aromatic carbocycles. The van der Waals surface area contributed by atoms with Crippen molar-refractivity contribution >= 4 is 5.91 Å². The van der Waals surface area contributed by atoms with Crippen LogP contribution < -0.4 is 0 Å². The van der Waals surface area contributed by atoms with E-state index in [0.29, 0.717) is 0 Å². The standard InChI is InChI=1S/C14H25NO3/c1-3-14(10-16)6-8-15(9-7-14)13(17)12-5-4-11(2)18-12/h11-12,16H,3-10H2,1-2H3. The van der Waals surface area contributed by atoms with Crippen LogP contribution in [-0.2, 0) is 9.53 Å². The highest BCUT2D eigenvalue weighted by Crippen LogP contribution is 2.35. The number of aliphatic hydroxyl groups is 1. The second kappa shape index (κ2) is 5.57. The van der Waals surface area contributed by atoms with E-state index in [0.717, 1.165) is 45.2 Å². The van der Waals surface area contributed by atoms with Crippen LogP contribution in [0.2, 0.25) is 0 Å². The van der Waals surface area contributed by atoms with E-state index in [9.17, 15) is 9.90 Å².